The van der Waals surface area contributed by atoms with Crippen molar-refractivity contribution in [1.82, 2.24) is 4.98 Å². The van der Waals surface area contributed by atoms with E-state index in [9.17, 15) is 14.7 Å². The molecule has 1 aromatic heterocycles. The van der Waals surface area contributed by atoms with Crippen molar-refractivity contribution < 1.29 is 19.4 Å². The first kappa shape index (κ1) is 22.3. The summed E-state index contributed by atoms with van der Waals surface area (Å²) in [6, 6.07) is 17.5. The standard InChI is InChI=1S/C27H26N2O4/c1-17-7-5-9-21(15-17)33-20-12-10-19(11-13-20)29-23(18-8-6-14-28-16-18)22(24(30)26(29)32)25(31)27(2,3)4/h5-16,23,30H,1-4H3. The number of benzene rings is 2. The molecule has 0 saturated heterocycles. The van der Waals surface area contributed by atoms with Crippen LogP contribution < -0.4 is 9.64 Å². The Labute approximate surface area is 193 Å². The van der Waals surface area contributed by atoms with Crippen molar-refractivity contribution in [3.05, 3.63) is 95.5 Å². The number of Topliss-reactive ketones (excluding diaryl/α,β-unsaturated/α-hetero) is 1. The summed E-state index contributed by atoms with van der Waals surface area (Å²) in [6.45, 7) is 7.28. The summed E-state index contributed by atoms with van der Waals surface area (Å²) in [4.78, 5) is 32.0. The van der Waals surface area contributed by atoms with Crippen molar-refractivity contribution in [2.75, 3.05) is 4.90 Å². The van der Waals surface area contributed by atoms with E-state index in [-0.39, 0.29) is 11.4 Å². The minimum Gasteiger partial charge on any atom is -0.503 e. The van der Waals surface area contributed by atoms with E-state index >= 15 is 0 Å². The molecule has 0 radical (unpaired) electrons. The third-order valence-electron chi connectivity index (χ3n) is 5.47. The number of anilines is 1. The van der Waals surface area contributed by atoms with Crippen LogP contribution >= 0.6 is 0 Å². The fourth-order valence-electron chi connectivity index (χ4n) is 3.85. The van der Waals surface area contributed by atoms with Gasteiger partial charge in [0.05, 0.1) is 11.6 Å². The molecule has 0 spiro atoms. The Hall–Kier alpha value is -3.93. The van der Waals surface area contributed by atoms with E-state index in [2.05, 4.69) is 4.98 Å². The average Bonchev–Trinajstić information content (AvgIpc) is 3.04. The number of hydrogen-bond acceptors (Lipinski definition) is 5. The molecule has 2 heterocycles. The predicted octanol–water partition coefficient (Wildman–Crippen LogP) is 5.70. The quantitative estimate of drug-likeness (QED) is 0.548. The number of ether oxygens (including phenoxy) is 1. The van der Waals surface area contributed by atoms with Crippen molar-refractivity contribution in [1.29, 1.82) is 0 Å². The molecule has 1 amide bonds. The first-order chi connectivity index (χ1) is 15.7. The van der Waals surface area contributed by atoms with E-state index in [4.69, 9.17) is 4.74 Å². The largest absolute Gasteiger partial charge is 0.503 e. The molecule has 6 nitrogen and oxygen atoms in total. The molecule has 6 heteroatoms. The van der Waals surface area contributed by atoms with Crippen molar-refractivity contribution in [2.45, 2.75) is 33.7 Å². The molecule has 0 bridgehead atoms. The second-order valence-corrected chi connectivity index (χ2v) is 9.12. The summed E-state index contributed by atoms with van der Waals surface area (Å²) in [6.07, 6.45) is 3.23. The van der Waals surface area contributed by atoms with Crippen molar-refractivity contribution >= 4 is 17.4 Å². The zero-order valence-electron chi connectivity index (χ0n) is 19.1. The number of amides is 1. The van der Waals surface area contributed by atoms with Gasteiger partial charge in [-0.2, -0.15) is 0 Å². The number of pyridine rings is 1. The normalized spacial score (nSPS) is 16.3. The lowest BCUT2D eigenvalue weighted by Gasteiger charge is -2.28. The second-order valence-electron chi connectivity index (χ2n) is 9.12. The van der Waals surface area contributed by atoms with Gasteiger partial charge in [-0.15, -0.1) is 0 Å². The van der Waals surface area contributed by atoms with Gasteiger partial charge in [0.25, 0.3) is 5.91 Å². The van der Waals surface area contributed by atoms with Gasteiger partial charge in [-0.1, -0.05) is 39.0 Å². The first-order valence-corrected chi connectivity index (χ1v) is 10.7. The molecule has 3 aromatic rings. The highest BCUT2D eigenvalue weighted by Gasteiger charge is 2.46. The van der Waals surface area contributed by atoms with Crippen molar-refractivity contribution in [3.63, 3.8) is 0 Å². The lowest BCUT2D eigenvalue weighted by atomic mass is 9.82. The summed E-state index contributed by atoms with van der Waals surface area (Å²) in [5.74, 6) is -0.112. The van der Waals surface area contributed by atoms with Gasteiger partial charge in [0.2, 0.25) is 0 Å². The van der Waals surface area contributed by atoms with E-state index in [0.29, 0.717) is 22.7 Å². The summed E-state index contributed by atoms with van der Waals surface area (Å²) in [7, 11) is 0. The molecular weight excluding hydrogens is 416 g/mol. The Bertz CT molecular complexity index is 1220. The third kappa shape index (κ3) is 4.37. The molecule has 168 valence electrons. The number of ketones is 1. The maximum Gasteiger partial charge on any atom is 0.294 e. The zero-order chi connectivity index (χ0) is 23.8. The number of aliphatic hydroxyl groups excluding tert-OH is 1. The van der Waals surface area contributed by atoms with Crippen LogP contribution in [0.15, 0.2) is 84.4 Å². The number of aryl methyl sites for hydroxylation is 1. The second kappa shape index (κ2) is 8.54. The highest BCUT2D eigenvalue weighted by atomic mass is 16.5. The van der Waals surface area contributed by atoms with E-state index in [0.717, 1.165) is 5.56 Å². The van der Waals surface area contributed by atoms with Crippen LogP contribution in [0.5, 0.6) is 11.5 Å². The maximum atomic E-state index is 13.2. The van der Waals surface area contributed by atoms with E-state index < -0.39 is 23.1 Å². The molecule has 0 saturated carbocycles. The predicted molar refractivity (Wildman–Crippen MR) is 126 cm³/mol. The highest BCUT2D eigenvalue weighted by molar-refractivity contribution is 6.17. The Morgan fingerprint density at radius 3 is 2.36 bits per heavy atom. The summed E-state index contributed by atoms with van der Waals surface area (Å²) < 4.78 is 5.91. The van der Waals surface area contributed by atoms with Crippen molar-refractivity contribution in [3.8, 4) is 11.5 Å². The molecule has 1 unspecified atom stereocenters. The highest BCUT2D eigenvalue weighted by Crippen LogP contribution is 2.43. The molecule has 33 heavy (non-hydrogen) atoms. The summed E-state index contributed by atoms with van der Waals surface area (Å²) in [5, 5.41) is 10.8. The molecular formula is C27H26N2O4. The minimum absolute atomic E-state index is 0.0839. The fourth-order valence-corrected chi connectivity index (χ4v) is 3.85. The van der Waals surface area contributed by atoms with E-state index in [1.807, 2.05) is 31.2 Å². The average molecular weight is 443 g/mol. The number of aromatic nitrogens is 1. The van der Waals surface area contributed by atoms with Gasteiger partial charge in [0.1, 0.15) is 11.5 Å². The van der Waals surface area contributed by atoms with Crippen molar-refractivity contribution in [2.24, 2.45) is 5.41 Å². The first-order valence-electron chi connectivity index (χ1n) is 10.7. The van der Waals surface area contributed by atoms with Gasteiger partial charge in [0, 0.05) is 23.5 Å². The third-order valence-corrected chi connectivity index (χ3v) is 5.47. The monoisotopic (exact) mass is 442 g/mol. The van der Waals surface area contributed by atoms with E-state index in [1.54, 1.807) is 69.6 Å². The van der Waals surface area contributed by atoms with Crippen LogP contribution in [-0.4, -0.2) is 21.8 Å². The van der Waals surface area contributed by atoms with Crippen LogP contribution in [0.1, 0.15) is 37.9 Å². The minimum atomic E-state index is -0.776. The molecule has 4 rings (SSSR count). The molecule has 0 fully saturated rings. The van der Waals surface area contributed by atoms with Gasteiger partial charge in [-0.05, 0) is 60.5 Å². The topological polar surface area (TPSA) is 79.7 Å². The Morgan fingerprint density at radius 1 is 1.03 bits per heavy atom. The molecule has 1 aliphatic heterocycles. The molecule has 2 aromatic carbocycles. The van der Waals surface area contributed by atoms with Crippen LogP contribution in [0, 0.1) is 12.3 Å². The zero-order valence-corrected chi connectivity index (χ0v) is 19.1. The summed E-state index contributed by atoms with van der Waals surface area (Å²) in [5.41, 5.74) is 1.58. The van der Waals surface area contributed by atoms with Gasteiger partial charge >= 0.3 is 0 Å². The number of carbonyl (C=O) groups excluding carboxylic acids is 2. The number of rotatable bonds is 5. The van der Waals surface area contributed by atoms with Gasteiger partial charge in [-0.3, -0.25) is 19.5 Å². The Balaban J connectivity index is 1.71. The van der Waals surface area contributed by atoms with E-state index in [1.165, 1.54) is 4.90 Å². The molecule has 1 aliphatic rings. The van der Waals surface area contributed by atoms with Crippen LogP contribution in [0.2, 0.25) is 0 Å². The maximum absolute atomic E-state index is 13.2. The van der Waals surface area contributed by atoms with Gasteiger partial charge in [-0.25, -0.2) is 0 Å². The molecule has 1 atom stereocenters. The Kier molecular flexibility index (Phi) is 5.77. The van der Waals surface area contributed by atoms with Crippen LogP contribution in [0.25, 0.3) is 0 Å². The van der Waals surface area contributed by atoms with Crippen LogP contribution in [-0.2, 0) is 9.59 Å². The smallest absolute Gasteiger partial charge is 0.294 e. The van der Waals surface area contributed by atoms with Gasteiger partial charge in [0.15, 0.2) is 11.5 Å². The molecule has 0 aliphatic carbocycles. The van der Waals surface area contributed by atoms with Gasteiger partial charge < -0.3 is 9.84 Å². The number of nitrogens with zero attached hydrogens (tertiary/aromatic N) is 2. The lowest BCUT2D eigenvalue weighted by Crippen LogP contribution is -2.32. The van der Waals surface area contributed by atoms with Crippen LogP contribution in [0.4, 0.5) is 5.69 Å². The number of aliphatic hydroxyl groups is 1. The molecule has 1 N–H and O–H groups in total. The number of carbonyl (C=O) groups is 2. The van der Waals surface area contributed by atoms with Crippen LogP contribution in [0.3, 0.4) is 0 Å². The lowest BCUT2D eigenvalue weighted by molar-refractivity contribution is -0.123. The number of hydrogen-bond donors (Lipinski definition) is 1. The SMILES string of the molecule is Cc1cccc(Oc2ccc(N3C(=O)C(O)=C(C(=O)C(C)(C)C)C3c3cccnc3)cc2)c1. The summed E-state index contributed by atoms with van der Waals surface area (Å²) >= 11 is 0. The fraction of sp³-hybridized carbons (Fsp3) is 0.222. The Morgan fingerprint density at radius 2 is 1.76 bits per heavy atom.